The van der Waals surface area contributed by atoms with Gasteiger partial charge in [0, 0.05) is 25.7 Å². The zero-order chi connectivity index (χ0) is 15.7. The van der Waals surface area contributed by atoms with Crippen LogP contribution in [0, 0.1) is 5.82 Å². The number of nitrogens with zero attached hydrogens (tertiary/aromatic N) is 3. The molecule has 1 aromatic heterocycles. The molecule has 2 heterocycles. The number of rotatable bonds is 1. The van der Waals surface area contributed by atoms with Crippen molar-refractivity contribution < 1.29 is 19.1 Å². The Balaban J connectivity index is 2.21. The van der Waals surface area contributed by atoms with Gasteiger partial charge in [-0.25, -0.2) is 14.2 Å². The van der Waals surface area contributed by atoms with E-state index in [1.807, 2.05) is 0 Å². The lowest BCUT2D eigenvalue weighted by Crippen LogP contribution is -2.55. The maximum atomic E-state index is 13.4. The Morgan fingerprint density at radius 2 is 2.05 bits per heavy atom. The summed E-state index contributed by atoms with van der Waals surface area (Å²) in [4.78, 5) is 29.5. The van der Waals surface area contributed by atoms with Crippen LogP contribution in [-0.4, -0.2) is 57.6 Å². The van der Waals surface area contributed by atoms with E-state index in [9.17, 15) is 14.0 Å². The van der Waals surface area contributed by atoms with Crippen LogP contribution in [0.1, 0.15) is 17.3 Å². The lowest BCUT2D eigenvalue weighted by atomic mass is 10.1. The Kier molecular flexibility index (Phi) is 4.53. The Morgan fingerprint density at radius 3 is 2.62 bits per heavy atom. The summed E-state index contributed by atoms with van der Waals surface area (Å²) in [6.07, 6.45) is -1.04. The number of aromatic nitrogens is 1. The zero-order valence-corrected chi connectivity index (χ0v) is 12.5. The van der Waals surface area contributed by atoms with Gasteiger partial charge in [0.1, 0.15) is 5.15 Å². The van der Waals surface area contributed by atoms with Gasteiger partial charge in [-0.2, -0.15) is 0 Å². The van der Waals surface area contributed by atoms with Crippen molar-refractivity contribution in [3.05, 3.63) is 27.8 Å². The van der Waals surface area contributed by atoms with Crippen LogP contribution in [-0.2, 0) is 0 Å². The first-order chi connectivity index (χ1) is 9.81. The standard InChI is InChI=1S/C12H12Cl2FN3O3/c1-6-5-17(12(20)21)2-3-18(6)11(19)7-4-8(15)10(14)16-9(7)13/h4,6H,2-3,5H2,1H3,(H,20,21)/t6-/m0/s1. The molecule has 114 valence electrons. The molecule has 9 heteroatoms. The van der Waals surface area contributed by atoms with E-state index in [1.165, 1.54) is 9.80 Å². The number of hydrogen-bond acceptors (Lipinski definition) is 3. The van der Waals surface area contributed by atoms with Crippen LogP contribution in [0.3, 0.4) is 0 Å². The largest absolute Gasteiger partial charge is 0.465 e. The minimum Gasteiger partial charge on any atom is -0.465 e. The van der Waals surface area contributed by atoms with Gasteiger partial charge in [0.25, 0.3) is 5.91 Å². The molecule has 1 saturated heterocycles. The predicted octanol–water partition coefficient (Wildman–Crippen LogP) is 2.35. The summed E-state index contributed by atoms with van der Waals surface area (Å²) < 4.78 is 13.4. The van der Waals surface area contributed by atoms with E-state index in [2.05, 4.69) is 4.98 Å². The van der Waals surface area contributed by atoms with Crippen molar-refractivity contribution in [1.82, 2.24) is 14.8 Å². The third kappa shape index (κ3) is 3.19. The summed E-state index contributed by atoms with van der Waals surface area (Å²) in [5, 5.41) is 8.35. The molecule has 1 aliphatic rings. The van der Waals surface area contributed by atoms with Crippen molar-refractivity contribution >= 4 is 35.2 Å². The second-order valence-corrected chi connectivity index (χ2v) is 5.39. The topological polar surface area (TPSA) is 73.7 Å². The van der Waals surface area contributed by atoms with Crippen molar-refractivity contribution in [3.63, 3.8) is 0 Å². The third-order valence-corrected chi connectivity index (χ3v) is 3.83. The van der Waals surface area contributed by atoms with Crippen molar-refractivity contribution in [2.24, 2.45) is 0 Å². The molecule has 0 unspecified atom stereocenters. The monoisotopic (exact) mass is 335 g/mol. The predicted molar refractivity (Wildman–Crippen MR) is 74.3 cm³/mol. The number of carbonyl (C=O) groups excluding carboxylic acids is 1. The highest BCUT2D eigenvalue weighted by Gasteiger charge is 2.31. The van der Waals surface area contributed by atoms with Gasteiger partial charge in [-0.3, -0.25) is 4.79 Å². The quantitative estimate of drug-likeness (QED) is 0.799. The van der Waals surface area contributed by atoms with Gasteiger partial charge >= 0.3 is 6.09 Å². The van der Waals surface area contributed by atoms with Gasteiger partial charge in [-0.15, -0.1) is 0 Å². The van der Waals surface area contributed by atoms with E-state index in [0.717, 1.165) is 6.07 Å². The number of halogens is 3. The first-order valence-corrected chi connectivity index (χ1v) is 6.87. The van der Waals surface area contributed by atoms with Crippen molar-refractivity contribution in [3.8, 4) is 0 Å². The molecule has 6 nitrogen and oxygen atoms in total. The highest BCUT2D eigenvalue weighted by atomic mass is 35.5. The summed E-state index contributed by atoms with van der Waals surface area (Å²) in [5.74, 6) is -1.33. The van der Waals surface area contributed by atoms with Crippen LogP contribution in [0.15, 0.2) is 6.07 Å². The molecule has 0 bridgehead atoms. The zero-order valence-electron chi connectivity index (χ0n) is 11.0. The Labute approximate surface area is 130 Å². The molecular formula is C12H12Cl2FN3O3. The SMILES string of the molecule is C[C@H]1CN(C(=O)O)CCN1C(=O)c1cc(F)c(Cl)nc1Cl. The lowest BCUT2D eigenvalue weighted by Gasteiger charge is -2.38. The highest BCUT2D eigenvalue weighted by Crippen LogP contribution is 2.23. The normalized spacial score (nSPS) is 18.8. The fourth-order valence-electron chi connectivity index (χ4n) is 2.18. The summed E-state index contributed by atoms with van der Waals surface area (Å²) in [6.45, 7) is 2.28. The molecule has 0 aromatic carbocycles. The number of amides is 2. The first-order valence-electron chi connectivity index (χ1n) is 6.11. The van der Waals surface area contributed by atoms with Crippen LogP contribution in [0.2, 0.25) is 10.3 Å². The molecule has 1 aromatic rings. The van der Waals surface area contributed by atoms with Crippen LogP contribution in [0.4, 0.5) is 9.18 Å². The molecule has 0 aliphatic carbocycles. The summed E-state index contributed by atoms with van der Waals surface area (Å²) in [7, 11) is 0. The molecule has 1 fully saturated rings. The van der Waals surface area contributed by atoms with Crippen molar-refractivity contribution in [2.75, 3.05) is 19.6 Å². The molecule has 0 radical (unpaired) electrons. The van der Waals surface area contributed by atoms with Gasteiger partial charge in [0.05, 0.1) is 5.56 Å². The maximum absolute atomic E-state index is 13.4. The van der Waals surface area contributed by atoms with Crippen LogP contribution in [0.25, 0.3) is 0 Å². The molecule has 2 amide bonds. The maximum Gasteiger partial charge on any atom is 0.407 e. The molecule has 0 spiro atoms. The van der Waals surface area contributed by atoms with E-state index in [1.54, 1.807) is 6.92 Å². The smallest absolute Gasteiger partial charge is 0.407 e. The number of piperazine rings is 1. The molecular weight excluding hydrogens is 324 g/mol. The second-order valence-electron chi connectivity index (χ2n) is 4.68. The van der Waals surface area contributed by atoms with Gasteiger partial charge in [-0.1, -0.05) is 23.2 Å². The summed E-state index contributed by atoms with van der Waals surface area (Å²) >= 11 is 11.3. The van der Waals surface area contributed by atoms with Crippen LogP contribution in [0.5, 0.6) is 0 Å². The average molecular weight is 336 g/mol. The van der Waals surface area contributed by atoms with E-state index in [4.69, 9.17) is 28.3 Å². The third-order valence-electron chi connectivity index (χ3n) is 3.28. The summed E-state index contributed by atoms with van der Waals surface area (Å²) in [6, 6.07) is 0.591. The molecule has 21 heavy (non-hydrogen) atoms. The molecule has 1 aliphatic heterocycles. The highest BCUT2D eigenvalue weighted by molar-refractivity contribution is 6.34. The van der Waals surface area contributed by atoms with Gasteiger partial charge in [0.15, 0.2) is 11.0 Å². The number of hydrogen-bond donors (Lipinski definition) is 1. The van der Waals surface area contributed by atoms with E-state index in [-0.39, 0.29) is 36.4 Å². The number of pyridine rings is 1. The Morgan fingerprint density at radius 1 is 1.38 bits per heavy atom. The Bertz CT molecular complexity index is 599. The summed E-state index contributed by atoms with van der Waals surface area (Å²) in [5.41, 5.74) is -0.0887. The van der Waals surface area contributed by atoms with E-state index in [0.29, 0.717) is 0 Å². The van der Waals surface area contributed by atoms with E-state index >= 15 is 0 Å². The van der Waals surface area contributed by atoms with Gasteiger partial charge in [0.2, 0.25) is 0 Å². The van der Waals surface area contributed by atoms with Crippen LogP contribution < -0.4 is 0 Å². The number of carbonyl (C=O) groups is 2. The van der Waals surface area contributed by atoms with Crippen molar-refractivity contribution in [2.45, 2.75) is 13.0 Å². The van der Waals surface area contributed by atoms with Crippen molar-refractivity contribution in [1.29, 1.82) is 0 Å². The number of carboxylic acid groups (broad SMARTS) is 1. The Hall–Kier alpha value is -1.60. The molecule has 1 N–H and O–H groups in total. The molecule has 2 rings (SSSR count). The fourth-order valence-corrected chi connectivity index (χ4v) is 2.59. The van der Waals surface area contributed by atoms with E-state index < -0.39 is 23.0 Å². The first kappa shape index (κ1) is 15.8. The van der Waals surface area contributed by atoms with Crippen LogP contribution >= 0.6 is 23.2 Å². The minimum atomic E-state index is -1.04. The molecule has 1 atom stereocenters. The lowest BCUT2D eigenvalue weighted by molar-refractivity contribution is 0.0483. The molecule has 0 saturated carbocycles. The van der Waals surface area contributed by atoms with Gasteiger partial charge in [-0.05, 0) is 13.0 Å². The minimum absolute atomic E-state index is 0.0887. The average Bonchev–Trinajstić information content (AvgIpc) is 2.42. The second kappa shape index (κ2) is 6.03. The fraction of sp³-hybridized carbons (Fsp3) is 0.417. The van der Waals surface area contributed by atoms with Gasteiger partial charge < -0.3 is 14.9 Å².